The average Bonchev–Trinajstić information content (AvgIpc) is 2.85. The standard InChI is InChI=1S/C20H22FN3/c21-16-9-10-17(20-22-18-7-3-4-8-19(18)23-20)15(13-16)14-24-11-5-1-2-6-12-24/h3-4,7-10,13H,1-2,5-6,11-12,14H2,(H,22,23). The number of halogens is 1. The van der Waals surface area contributed by atoms with Crippen LogP contribution in [-0.4, -0.2) is 28.0 Å². The van der Waals surface area contributed by atoms with Gasteiger partial charge in [0.15, 0.2) is 0 Å². The minimum Gasteiger partial charge on any atom is -0.338 e. The molecule has 2 aromatic carbocycles. The van der Waals surface area contributed by atoms with E-state index in [4.69, 9.17) is 0 Å². The number of hydrogen-bond acceptors (Lipinski definition) is 2. The van der Waals surface area contributed by atoms with Crippen LogP contribution in [0.1, 0.15) is 31.2 Å². The largest absolute Gasteiger partial charge is 0.338 e. The van der Waals surface area contributed by atoms with E-state index >= 15 is 0 Å². The van der Waals surface area contributed by atoms with Crippen LogP contribution >= 0.6 is 0 Å². The summed E-state index contributed by atoms with van der Waals surface area (Å²) in [5, 5.41) is 0. The van der Waals surface area contributed by atoms with Gasteiger partial charge in [-0.15, -0.1) is 0 Å². The number of para-hydroxylation sites is 2. The van der Waals surface area contributed by atoms with E-state index in [0.29, 0.717) is 0 Å². The van der Waals surface area contributed by atoms with Gasteiger partial charge in [-0.3, -0.25) is 4.90 Å². The normalized spacial score (nSPS) is 16.4. The summed E-state index contributed by atoms with van der Waals surface area (Å²) in [7, 11) is 0. The van der Waals surface area contributed by atoms with Gasteiger partial charge in [0.1, 0.15) is 11.6 Å². The van der Waals surface area contributed by atoms with E-state index in [1.807, 2.05) is 30.3 Å². The second-order valence-electron chi connectivity index (χ2n) is 6.59. The predicted molar refractivity (Wildman–Crippen MR) is 95.2 cm³/mol. The summed E-state index contributed by atoms with van der Waals surface area (Å²) in [6, 6.07) is 13.0. The van der Waals surface area contributed by atoms with E-state index in [-0.39, 0.29) is 5.82 Å². The van der Waals surface area contributed by atoms with Crippen LogP contribution in [0.5, 0.6) is 0 Å². The molecule has 1 aliphatic heterocycles. The van der Waals surface area contributed by atoms with Crippen molar-refractivity contribution in [3.8, 4) is 11.4 Å². The average molecular weight is 323 g/mol. The molecule has 1 aliphatic rings. The maximum absolute atomic E-state index is 13.9. The molecule has 1 saturated heterocycles. The molecule has 4 heteroatoms. The second-order valence-corrected chi connectivity index (χ2v) is 6.59. The number of rotatable bonds is 3. The Balaban J connectivity index is 1.69. The minimum absolute atomic E-state index is 0.181. The van der Waals surface area contributed by atoms with E-state index in [1.165, 1.54) is 31.7 Å². The summed E-state index contributed by atoms with van der Waals surface area (Å²) in [4.78, 5) is 10.5. The fourth-order valence-electron chi connectivity index (χ4n) is 3.54. The predicted octanol–water partition coefficient (Wildman–Crippen LogP) is 4.75. The Hall–Kier alpha value is -2.20. The summed E-state index contributed by atoms with van der Waals surface area (Å²) < 4.78 is 13.9. The minimum atomic E-state index is -0.181. The number of nitrogens with zero attached hydrogens (tertiary/aromatic N) is 2. The molecule has 24 heavy (non-hydrogen) atoms. The Morgan fingerprint density at radius 3 is 2.58 bits per heavy atom. The number of imidazole rings is 1. The summed E-state index contributed by atoms with van der Waals surface area (Å²) in [5.74, 6) is 0.640. The van der Waals surface area contributed by atoms with Gasteiger partial charge in [0, 0.05) is 12.1 Å². The molecule has 0 bridgehead atoms. The molecule has 3 aromatic rings. The van der Waals surface area contributed by atoms with Crippen LogP contribution in [0.15, 0.2) is 42.5 Å². The van der Waals surface area contributed by atoms with Crippen molar-refractivity contribution in [1.82, 2.24) is 14.9 Å². The van der Waals surface area contributed by atoms with Crippen molar-refractivity contribution in [3.63, 3.8) is 0 Å². The molecular weight excluding hydrogens is 301 g/mol. The van der Waals surface area contributed by atoms with Crippen LogP contribution in [-0.2, 0) is 6.54 Å². The molecule has 2 heterocycles. The van der Waals surface area contributed by atoms with Crippen LogP contribution in [0.25, 0.3) is 22.4 Å². The number of H-pyrrole nitrogens is 1. The molecule has 0 radical (unpaired) electrons. The Morgan fingerprint density at radius 2 is 1.79 bits per heavy atom. The van der Waals surface area contributed by atoms with E-state index in [9.17, 15) is 4.39 Å². The van der Waals surface area contributed by atoms with Crippen LogP contribution < -0.4 is 0 Å². The fraction of sp³-hybridized carbons (Fsp3) is 0.350. The highest BCUT2D eigenvalue weighted by Crippen LogP contribution is 2.26. The zero-order valence-electron chi connectivity index (χ0n) is 13.8. The molecule has 0 spiro atoms. The third-order valence-corrected chi connectivity index (χ3v) is 4.80. The Labute approximate surface area is 141 Å². The van der Waals surface area contributed by atoms with E-state index in [0.717, 1.165) is 47.6 Å². The van der Waals surface area contributed by atoms with E-state index in [2.05, 4.69) is 14.9 Å². The monoisotopic (exact) mass is 323 g/mol. The lowest BCUT2D eigenvalue weighted by Crippen LogP contribution is -2.24. The van der Waals surface area contributed by atoms with Gasteiger partial charge in [0.25, 0.3) is 0 Å². The first kappa shape index (κ1) is 15.3. The lowest BCUT2D eigenvalue weighted by atomic mass is 10.1. The topological polar surface area (TPSA) is 31.9 Å². The van der Waals surface area contributed by atoms with Crippen LogP contribution in [0.3, 0.4) is 0 Å². The smallest absolute Gasteiger partial charge is 0.138 e. The lowest BCUT2D eigenvalue weighted by molar-refractivity contribution is 0.277. The summed E-state index contributed by atoms with van der Waals surface area (Å²) in [5.41, 5.74) is 3.96. The number of likely N-dealkylation sites (tertiary alicyclic amines) is 1. The quantitative estimate of drug-likeness (QED) is 0.754. The highest BCUT2D eigenvalue weighted by atomic mass is 19.1. The maximum Gasteiger partial charge on any atom is 0.138 e. The Bertz CT molecular complexity index is 799. The fourth-order valence-corrected chi connectivity index (χ4v) is 3.54. The van der Waals surface area contributed by atoms with Crippen LogP contribution in [0.4, 0.5) is 4.39 Å². The molecule has 1 N–H and O–H groups in total. The van der Waals surface area contributed by atoms with E-state index < -0.39 is 0 Å². The Kier molecular flexibility index (Phi) is 4.30. The van der Waals surface area contributed by atoms with Gasteiger partial charge in [0.2, 0.25) is 0 Å². The van der Waals surface area contributed by atoms with Crippen molar-refractivity contribution in [2.75, 3.05) is 13.1 Å². The molecule has 3 nitrogen and oxygen atoms in total. The maximum atomic E-state index is 13.9. The highest BCUT2D eigenvalue weighted by molar-refractivity contribution is 5.79. The number of aromatic nitrogens is 2. The van der Waals surface area contributed by atoms with Gasteiger partial charge >= 0.3 is 0 Å². The summed E-state index contributed by atoms with van der Waals surface area (Å²) in [6.45, 7) is 2.97. The Morgan fingerprint density at radius 1 is 1.00 bits per heavy atom. The van der Waals surface area contributed by atoms with Crippen LogP contribution in [0.2, 0.25) is 0 Å². The van der Waals surface area contributed by atoms with Gasteiger partial charge in [0.05, 0.1) is 11.0 Å². The summed E-state index contributed by atoms with van der Waals surface area (Å²) >= 11 is 0. The third kappa shape index (κ3) is 3.20. The number of benzene rings is 2. The first-order valence-electron chi connectivity index (χ1n) is 8.75. The molecule has 0 saturated carbocycles. The van der Waals surface area contributed by atoms with Gasteiger partial charge < -0.3 is 4.98 Å². The number of aromatic amines is 1. The number of hydrogen-bond donors (Lipinski definition) is 1. The number of fused-ring (bicyclic) bond motifs is 1. The van der Waals surface area contributed by atoms with Crippen molar-refractivity contribution in [1.29, 1.82) is 0 Å². The van der Waals surface area contributed by atoms with Crippen molar-refractivity contribution in [2.45, 2.75) is 32.2 Å². The van der Waals surface area contributed by atoms with Gasteiger partial charge in [-0.05, 0) is 61.8 Å². The molecule has 0 aliphatic carbocycles. The lowest BCUT2D eigenvalue weighted by Gasteiger charge is -2.21. The SMILES string of the molecule is Fc1ccc(-c2nc3ccccc3[nH]2)c(CN2CCCCCC2)c1. The zero-order chi connectivity index (χ0) is 16.4. The molecule has 0 atom stereocenters. The van der Waals surface area contributed by atoms with Crippen molar-refractivity contribution in [2.24, 2.45) is 0 Å². The van der Waals surface area contributed by atoms with Crippen molar-refractivity contribution in [3.05, 3.63) is 53.8 Å². The number of nitrogens with one attached hydrogen (secondary N) is 1. The third-order valence-electron chi connectivity index (χ3n) is 4.80. The van der Waals surface area contributed by atoms with Gasteiger partial charge in [-0.2, -0.15) is 0 Å². The first-order chi connectivity index (χ1) is 11.8. The molecule has 0 unspecified atom stereocenters. The summed E-state index contributed by atoms with van der Waals surface area (Å²) in [6.07, 6.45) is 5.07. The molecule has 1 fully saturated rings. The molecule has 1 aromatic heterocycles. The first-order valence-corrected chi connectivity index (χ1v) is 8.75. The molecule has 124 valence electrons. The molecule has 0 amide bonds. The van der Waals surface area contributed by atoms with Gasteiger partial charge in [-0.25, -0.2) is 9.37 Å². The molecular formula is C20H22FN3. The van der Waals surface area contributed by atoms with Crippen LogP contribution in [0, 0.1) is 5.82 Å². The van der Waals surface area contributed by atoms with E-state index in [1.54, 1.807) is 6.07 Å². The van der Waals surface area contributed by atoms with Crippen molar-refractivity contribution >= 4 is 11.0 Å². The second kappa shape index (κ2) is 6.73. The highest BCUT2D eigenvalue weighted by Gasteiger charge is 2.15. The van der Waals surface area contributed by atoms with Gasteiger partial charge in [-0.1, -0.05) is 25.0 Å². The zero-order valence-corrected chi connectivity index (χ0v) is 13.8. The van der Waals surface area contributed by atoms with Crippen molar-refractivity contribution < 1.29 is 4.39 Å². The molecule has 4 rings (SSSR count).